The molecule has 2 aromatic heterocycles. The Labute approximate surface area is 148 Å². The predicted molar refractivity (Wildman–Crippen MR) is 99.8 cm³/mol. The molecule has 126 valence electrons. The summed E-state index contributed by atoms with van der Waals surface area (Å²) in [5.74, 6) is 0. The number of morpholine rings is 1. The first-order valence-corrected chi connectivity index (χ1v) is 9.52. The summed E-state index contributed by atoms with van der Waals surface area (Å²) >= 11 is 6.99. The van der Waals surface area contributed by atoms with E-state index in [0.29, 0.717) is 11.3 Å². The molecule has 1 fully saturated rings. The second-order valence-electron chi connectivity index (χ2n) is 6.16. The van der Waals surface area contributed by atoms with E-state index >= 15 is 0 Å². The first-order chi connectivity index (χ1) is 11.7. The number of quaternary nitrogens is 1. The van der Waals surface area contributed by atoms with Crippen molar-refractivity contribution >= 4 is 43.9 Å². The molecule has 24 heavy (non-hydrogen) atoms. The minimum absolute atomic E-state index is 0.0342. The molecule has 0 aliphatic carbocycles. The highest BCUT2D eigenvalue weighted by atomic mass is 32.1. The zero-order valence-electron chi connectivity index (χ0n) is 13.3. The van der Waals surface area contributed by atoms with Gasteiger partial charge in [-0.05, 0) is 18.3 Å². The normalized spacial score (nSPS) is 16.2. The monoisotopic (exact) mass is 362 g/mol. The summed E-state index contributed by atoms with van der Waals surface area (Å²) < 4.78 is 9.50. The number of fused-ring (bicyclic) bond motifs is 3. The number of nitrogens with one attached hydrogen (secondary N) is 2. The second kappa shape index (κ2) is 6.76. The summed E-state index contributed by atoms with van der Waals surface area (Å²) in [6, 6.07) is 8.06. The molecular weight excluding hydrogens is 342 g/mol. The number of nitrogens with zero attached hydrogens (tertiary/aromatic N) is 1. The fraction of sp³-hybridized carbons (Fsp3) is 0.412. The Morgan fingerprint density at radius 2 is 2.08 bits per heavy atom. The standard InChI is InChI=1S/C17H19N3O2S2/c21-16-15-14(12-4-1-2-5-13(12)24-15)18-17(23)20(16)7-3-6-19-8-10-22-11-9-19/h1-2,4-5H,3,6-11H2,(H,18,23)/p+1. The number of H-pyrrole nitrogens is 1. The molecule has 0 spiro atoms. The van der Waals surface area contributed by atoms with Gasteiger partial charge in [-0.2, -0.15) is 0 Å². The third-order valence-corrected chi connectivity index (χ3v) is 6.11. The third kappa shape index (κ3) is 2.93. The van der Waals surface area contributed by atoms with Crippen molar-refractivity contribution in [1.29, 1.82) is 0 Å². The Kier molecular flexibility index (Phi) is 4.49. The molecule has 0 bridgehead atoms. The number of ether oxygens (including phenoxy) is 1. The van der Waals surface area contributed by atoms with E-state index in [1.165, 1.54) is 0 Å². The highest BCUT2D eigenvalue weighted by molar-refractivity contribution is 7.71. The van der Waals surface area contributed by atoms with Crippen molar-refractivity contribution in [2.24, 2.45) is 0 Å². The van der Waals surface area contributed by atoms with Gasteiger partial charge in [-0.1, -0.05) is 18.2 Å². The third-order valence-electron chi connectivity index (χ3n) is 4.62. The molecule has 0 saturated carbocycles. The second-order valence-corrected chi connectivity index (χ2v) is 7.59. The van der Waals surface area contributed by atoms with Gasteiger partial charge in [0, 0.05) is 23.1 Å². The van der Waals surface area contributed by atoms with E-state index in [0.717, 1.165) is 59.6 Å². The largest absolute Gasteiger partial charge is 0.370 e. The zero-order chi connectivity index (χ0) is 16.5. The van der Waals surface area contributed by atoms with Crippen LogP contribution in [0, 0.1) is 4.77 Å². The number of benzene rings is 1. The highest BCUT2D eigenvalue weighted by Gasteiger charge is 2.15. The van der Waals surface area contributed by atoms with Gasteiger partial charge < -0.3 is 14.6 Å². The van der Waals surface area contributed by atoms with Crippen molar-refractivity contribution in [3.05, 3.63) is 39.4 Å². The van der Waals surface area contributed by atoms with Gasteiger partial charge in [0.15, 0.2) is 4.77 Å². The van der Waals surface area contributed by atoms with Crippen molar-refractivity contribution in [2.45, 2.75) is 13.0 Å². The average molecular weight is 363 g/mol. The smallest absolute Gasteiger partial charge is 0.272 e. The summed E-state index contributed by atoms with van der Waals surface area (Å²) in [4.78, 5) is 17.7. The minimum atomic E-state index is 0.0342. The maximum absolute atomic E-state index is 12.9. The number of hydrogen-bond acceptors (Lipinski definition) is 4. The number of aromatic amines is 1. The lowest BCUT2D eigenvalue weighted by Crippen LogP contribution is -3.14. The van der Waals surface area contributed by atoms with Gasteiger partial charge in [-0.25, -0.2) is 0 Å². The van der Waals surface area contributed by atoms with E-state index in [4.69, 9.17) is 17.0 Å². The average Bonchev–Trinajstić information content (AvgIpc) is 2.98. The van der Waals surface area contributed by atoms with Crippen LogP contribution in [0.2, 0.25) is 0 Å². The van der Waals surface area contributed by atoms with E-state index in [9.17, 15) is 4.79 Å². The molecule has 2 N–H and O–H groups in total. The van der Waals surface area contributed by atoms with Crippen LogP contribution in [0.1, 0.15) is 6.42 Å². The Morgan fingerprint density at radius 3 is 2.92 bits per heavy atom. The molecule has 1 saturated heterocycles. The van der Waals surface area contributed by atoms with Crippen LogP contribution in [0.25, 0.3) is 20.3 Å². The van der Waals surface area contributed by atoms with Crippen LogP contribution in [0.3, 0.4) is 0 Å². The Morgan fingerprint density at radius 1 is 1.29 bits per heavy atom. The van der Waals surface area contributed by atoms with Gasteiger partial charge in [-0.15, -0.1) is 11.3 Å². The fourth-order valence-corrected chi connectivity index (χ4v) is 4.69. The summed E-state index contributed by atoms with van der Waals surface area (Å²) in [5.41, 5.74) is 0.910. The van der Waals surface area contributed by atoms with Crippen molar-refractivity contribution in [3.8, 4) is 0 Å². The zero-order valence-corrected chi connectivity index (χ0v) is 15.0. The molecule has 0 unspecified atom stereocenters. The van der Waals surface area contributed by atoms with E-state index in [-0.39, 0.29) is 5.56 Å². The summed E-state index contributed by atoms with van der Waals surface area (Å²) in [5, 5.41) is 1.07. The Balaban J connectivity index is 1.62. The van der Waals surface area contributed by atoms with Gasteiger partial charge in [0.25, 0.3) is 5.56 Å². The lowest BCUT2D eigenvalue weighted by molar-refractivity contribution is -0.908. The van der Waals surface area contributed by atoms with Crippen LogP contribution in [0.15, 0.2) is 29.1 Å². The summed E-state index contributed by atoms with van der Waals surface area (Å²) in [7, 11) is 0. The quantitative estimate of drug-likeness (QED) is 0.693. The molecule has 3 heterocycles. The van der Waals surface area contributed by atoms with E-state index < -0.39 is 0 Å². The Bertz CT molecular complexity index is 983. The van der Waals surface area contributed by atoms with Crippen LogP contribution in [-0.4, -0.2) is 42.4 Å². The fourth-order valence-electron chi connectivity index (χ4n) is 3.31. The van der Waals surface area contributed by atoms with Gasteiger partial charge in [0.05, 0.1) is 25.3 Å². The SMILES string of the molecule is O=c1c2sc3ccccc3c2[nH]c(=S)n1CCC[NH+]1CCOCC1. The van der Waals surface area contributed by atoms with Crippen LogP contribution < -0.4 is 10.5 Å². The molecule has 1 aromatic carbocycles. The van der Waals surface area contributed by atoms with Crippen molar-refractivity contribution in [2.75, 3.05) is 32.8 Å². The van der Waals surface area contributed by atoms with Crippen LogP contribution >= 0.6 is 23.6 Å². The van der Waals surface area contributed by atoms with Gasteiger partial charge in [-0.3, -0.25) is 9.36 Å². The number of aromatic nitrogens is 2. The van der Waals surface area contributed by atoms with E-state index in [2.05, 4.69) is 4.98 Å². The molecule has 5 nitrogen and oxygen atoms in total. The topological polar surface area (TPSA) is 51.5 Å². The predicted octanol–water partition coefficient (Wildman–Crippen LogP) is 1.58. The Hall–Kier alpha value is -1.54. The molecular formula is C17H20N3O2S2+. The molecule has 4 rings (SSSR count). The molecule has 7 heteroatoms. The summed E-state index contributed by atoms with van der Waals surface area (Å²) in [6.07, 6.45) is 0.948. The van der Waals surface area contributed by atoms with Gasteiger partial charge in [0.2, 0.25) is 0 Å². The number of thiophene rings is 1. The first-order valence-electron chi connectivity index (χ1n) is 8.30. The molecule has 0 atom stereocenters. The number of hydrogen-bond donors (Lipinski definition) is 2. The lowest BCUT2D eigenvalue weighted by atomic mass is 10.2. The lowest BCUT2D eigenvalue weighted by Gasteiger charge is -2.23. The molecule has 0 amide bonds. The van der Waals surface area contributed by atoms with E-state index in [1.807, 2.05) is 24.3 Å². The van der Waals surface area contributed by atoms with Crippen LogP contribution in [0.5, 0.6) is 0 Å². The van der Waals surface area contributed by atoms with Gasteiger partial charge >= 0.3 is 0 Å². The molecule has 1 aliphatic rings. The maximum Gasteiger partial charge on any atom is 0.272 e. The van der Waals surface area contributed by atoms with Crippen LogP contribution in [0.4, 0.5) is 0 Å². The van der Waals surface area contributed by atoms with Crippen molar-refractivity contribution in [3.63, 3.8) is 0 Å². The van der Waals surface area contributed by atoms with Crippen molar-refractivity contribution in [1.82, 2.24) is 9.55 Å². The molecule has 0 radical (unpaired) electrons. The van der Waals surface area contributed by atoms with E-state index in [1.54, 1.807) is 20.8 Å². The van der Waals surface area contributed by atoms with Gasteiger partial charge in [0.1, 0.15) is 17.8 Å². The molecule has 3 aromatic rings. The highest BCUT2D eigenvalue weighted by Crippen LogP contribution is 2.29. The minimum Gasteiger partial charge on any atom is -0.370 e. The molecule has 1 aliphatic heterocycles. The number of rotatable bonds is 4. The van der Waals surface area contributed by atoms with Crippen LogP contribution in [-0.2, 0) is 11.3 Å². The maximum atomic E-state index is 12.9. The van der Waals surface area contributed by atoms with Crippen molar-refractivity contribution < 1.29 is 9.64 Å². The first kappa shape index (κ1) is 16.0. The summed E-state index contributed by atoms with van der Waals surface area (Å²) in [6.45, 7) is 5.50.